The summed E-state index contributed by atoms with van der Waals surface area (Å²) < 4.78 is 20.6. The minimum absolute atomic E-state index is 0.268. The number of aromatic nitrogens is 4. The van der Waals surface area contributed by atoms with E-state index in [1.165, 1.54) is 0 Å². The molecule has 5 rings (SSSR count). The van der Waals surface area contributed by atoms with Crippen LogP contribution in [0.3, 0.4) is 0 Å². The van der Waals surface area contributed by atoms with Gasteiger partial charge in [-0.15, -0.1) is 0 Å². The molecule has 186 valence electrons. The summed E-state index contributed by atoms with van der Waals surface area (Å²) in [6.45, 7) is 5.22. The Balaban J connectivity index is 1.28. The summed E-state index contributed by atoms with van der Waals surface area (Å²) in [5.41, 5.74) is 2.60. The molecule has 36 heavy (non-hydrogen) atoms. The molecule has 7 nitrogen and oxygen atoms in total. The quantitative estimate of drug-likeness (QED) is 0.276. The SMILES string of the molecule is CC(C)c1nccc(-c2ccc(OC[C@@H]3CO[C@@](Cn4ccnc4)(c4ccc(Cl)cc4Cl)O3)cc2)n1. The van der Waals surface area contributed by atoms with Crippen molar-refractivity contribution in [2.24, 2.45) is 0 Å². The van der Waals surface area contributed by atoms with Gasteiger partial charge in [0.15, 0.2) is 0 Å². The van der Waals surface area contributed by atoms with E-state index in [1.807, 2.05) is 47.2 Å². The van der Waals surface area contributed by atoms with Gasteiger partial charge in [-0.1, -0.05) is 43.1 Å². The van der Waals surface area contributed by atoms with Crippen LogP contribution in [0.25, 0.3) is 11.3 Å². The highest BCUT2D eigenvalue weighted by atomic mass is 35.5. The summed E-state index contributed by atoms with van der Waals surface area (Å²) in [5, 5.41) is 1.02. The largest absolute Gasteiger partial charge is 0.491 e. The van der Waals surface area contributed by atoms with Crippen molar-refractivity contribution in [3.05, 3.63) is 94.9 Å². The van der Waals surface area contributed by atoms with Crippen LogP contribution in [0.15, 0.2) is 73.4 Å². The Bertz CT molecular complexity index is 1320. The zero-order chi connectivity index (χ0) is 25.1. The van der Waals surface area contributed by atoms with E-state index in [-0.39, 0.29) is 12.0 Å². The molecule has 3 heterocycles. The van der Waals surface area contributed by atoms with Gasteiger partial charge in [0.2, 0.25) is 5.79 Å². The van der Waals surface area contributed by atoms with Crippen molar-refractivity contribution in [2.45, 2.75) is 38.2 Å². The smallest absolute Gasteiger partial charge is 0.215 e. The Morgan fingerprint density at radius 3 is 2.67 bits per heavy atom. The van der Waals surface area contributed by atoms with Crippen LogP contribution in [0.5, 0.6) is 5.75 Å². The van der Waals surface area contributed by atoms with E-state index in [1.54, 1.807) is 30.9 Å². The van der Waals surface area contributed by atoms with Gasteiger partial charge in [-0.3, -0.25) is 0 Å². The molecule has 4 aromatic rings. The summed E-state index contributed by atoms with van der Waals surface area (Å²) in [6, 6.07) is 15.0. The summed E-state index contributed by atoms with van der Waals surface area (Å²) in [7, 11) is 0. The van der Waals surface area contributed by atoms with Crippen LogP contribution in [0.1, 0.15) is 31.2 Å². The van der Waals surface area contributed by atoms with E-state index in [0.29, 0.717) is 35.4 Å². The predicted octanol–water partition coefficient (Wildman–Crippen LogP) is 6.12. The molecule has 1 fully saturated rings. The fourth-order valence-corrected chi connectivity index (χ4v) is 4.65. The van der Waals surface area contributed by atoms with Crippen LogP contribution >= 0.6 is 23.2 Å². The van der Waals surface area contributed by atoms with Crippen LogP contribution in [-0.4, -0.2) is 38.8 Å². The Hall–Kier alpha value is -2.97. The van der Waals surface area contributed by atoms with E-state index in [9.17, 15) is 0 Å². The lowest BCUT2D eigenvalue weighted by molar-refractivity contribution is -0.189. The van der Waals surface area contributed by atoms with Gasteiger partial charge in [0, 0.05) is 40.7 Å². The first kappa shape index (κ1) is 24.7. The summed E-state index contributed by atoms with van der Waals surface area (Å²) in [5.74, 6) is 0.745. The van der Waals surface area contributed by atoms with E-state index in [4.69, 9.17) is 37.4 Å². The predicted molar refractivity (Wildman–Crippen MR) is 138 cm³/mol. The standard InChI is InChI=1S/C27H26Cl2N4O3/c1-18(2)26-31-10-9-25(32-26)19-3-6-21(7-4-19)34-14-22-15-35-27(36-22,16-33-12-11-30-17-33)23-8-5-20(28)13-24(23)29/h3-13,17-18,22H,14-16H2,1-2H3/t22-,27-/m1/s1. The number of rotatable bonds is 8. The van der Waals surface area contributed by atoms with Crippen molar-refractivity contribution in [2.75, 3.05) is 13.2 Å². The van der Waals surface area contributed by atoms with Crippen LogP contribution in [0, 0.1) is 0 Å². The topological polar surface area (TPSA) is 71.3 Å². The highest BCUT2D eigenvalue weighted by molar-refractivity contribution is 6.35. The van der Waals surface area contributed by atoms with Gasteiger partial charge in [-0.05, 0) is 42.5 Å². The number of hydrogen-bond acceptors (Lipinski definition) is 6. The number of imidazole rings is 1. The van der Waals surface area contributed by atoms with Gasteiger partial charge in [0.05, 0.1) is 30.2 Å². The van der Waals surface area contributed by atoms with E-state index >= 15 is 0 Å². The summed E-state index contributed by atoms with van der Waals surface area (Å²) in [6.07, 6.45) is 6.77. The molecule has 0 amide bonds. The van der Waals surface area contributed by atoms with Crippen molar-refractivity contribution in [1.29, 1.82) is 0 Å². The minimum Gasteiger partial charge on any atom is -0.491 e. The molecule has 0 spiro atoms. The second kappa shape index (κ2) is 10.6. The van der Waals surface area contributed by atoms with Crippen molar-refractivity contribution in [3.8, 4) is 17.0 Å². The highest BCUT2D eigenvalue weighted by Crippen LogP contribution is 2.40. The second-order valence-corrected chi connectivity index (χ2v) is 9.80. The molecular formula is C27H26Cl2N4O3. The first-order valence-corrected chi connectivity index (χ1v) is 12.5. The molecule has 0 unspecified atom stereocenters. The second-order valence-electron chi connectivity index (χ2n) is 8.95. The number of halogens is 2. The molecule has 1 aliphatic rings. The molecule has 0 radical (unpaired) electrons. The van der Waals surface area contributed by atoms with Gasteiger partial charge < -0.3 is 18.8 Å². The fourth-order valence-electron chi connectivity index (χ4n) is 4.10. The third kappa shape index (κ3) is 5.39. The normalized spacial score (nSPS) is 19.6. The molecule has 1 saturated heterocycles. The highest BCUT2D eigenvalue weighted by Gasteiger charge is 2.45. The third-order valence-electron chi connectivity index (χ3n) is 5.93. The number of hydrogen-bond donors (Lipinski definition) is 0. The van der Waals surface area contributed by atoms with Crippen LogP contribution < -0.4 is 4.74 Å². The van der Waals surface area contributed by atoms with Gasteiger partial charge >= 0.3 is 0 Å². The van der Waals surface area contributed by atoms with Crippen molar-refractivity contribution in [1.82, 2.24) is 19.5 Å². The van der Waals surface area contributed by atoms with Gasteiger partial charge in [0.25, 0.3) is 0 Å². The third-order valence-corrected chi connectivity index (χ3v) is 6.48. The maximum atomic E-state index is 6.54. The maximum Gasteiger partial charge on any atom is 0.215 e. The minimum atomic E-state index is -1.08. The fraction of sp³-hybridized carbons (Fsp3) is 0.296. The Labute approximate surface area is 220 Å². The molecule has 0 bridgehead atoms. The van der Waals surface area contributed by atoms with Crippen molar-refractivity contribution in [3.63, 3.8) is 0 Å². The molecule has 0 N–H and O–H groups in total. The molecule has 2 aromatic heterocycles. The van der Waals surface area contributed by atoms with E-state index < -0.39 is 5.79 Å². The molecule has 0 saturated carbocycles. The zero-order valence-corrected chi connectivity index (χ0v) is 21.5. The van der Waals surface area contributed by atoms with Crippen LogP contribution in [0.4, 0.5) is 0 Å². The van der Waals surface area contributed by atoms with E-state index in [2.05, 4.69) is 28.8 Å². The van der Waals surface area contributed by atoms with Crippen molar-refractivity contribution < 1.29 is 14.2 Å². The first-order chi connectivity index (χ1) is 17.4. The van der Waals surface area contributed by atoms with Gasteiger partial charge in [-0.25, -0.2) is 15.0 Å². The van der Waals surface area contributed by atoms with Crippen LogP contribution in [-0.2, 0) is 21.8 Å². The molecular weight excluding hydrogens is 499 g/mol. The molecule has 0 aliphatic carbocycles. The Morgan fingerprint density at radius 1 is 1.11 bits per heavy atom. The Kier molecular flexibility index (Phi) is 7.25. The molecule has 2 aromatic carbocycles. The Morgan fingerprint density at radius 2 is 1.94 bits per heavy atom. The lowest BCUT2D eigenvalue weighted by Gasteiger charge is -2.30. The van der Waals surface area contributed by atoms with Crippen LogP contribution in [0.2, 0.25) is 10.0 Å². The summed E-state index contributed by atoms with van der Waals surface area (Å²) in [4.78, 5) is 13.1. The average Bonchev–Trinajstić information content (AvgIpc) is 3.54. The number of benzene rings is 2. The van der Waals surface area contributed by atoms with E-state index in [0.717, 1.165) is 22.8 Å². The summed E-state index contributed by atoms with van der Waals surface area (Å²) >= 11 is 12.7. The maximum absolute atomic E-state index is 6.54. The lowest BCUT2D eigenvalue weighted by Crippen LogP contribution is -2.34. The molecule has 1 aliphatic heterocycles. The van der Waals surface area contributed by atoms with Gasteiger partial charge in [-0.2, -0.15) is 0 Å². The molecule has 9 heteroatoms. The van der Waals surface area contributed by atoms with Gasteiger partial charge in [0.1, 0.15) is 24.3 Å². The lowest BCUT2D eigenvalue weighted by atomic mass is 10.1. The molecule has 2 atom stereocenters. The number of ether oxygens (including phenoxy) is 3. The first-order valence-electron chi connectivity index (χ1n) is 11.7. The monoisotopic (exact) mass is 524 g/mol. The van der Waals surface area contributed by atoms with Crippen molar-refractivity contribution >= 4 is 23.2 Å². The average molecular weight is 525 g/mol. The number of nitrogens with zero attached hydrogens (tertiary/aromatic N) is 4. The zero-order valence-electron chi connectivity index (χ0n) is 20.0.